The largest absolute Gasteiger partial charge is 0.310 e. The first kappa shape index (κ1) is 79.8. The third-order valence-corrected chi connectivity index (χ3v) is 30.8. The van der Waals surface area contributed by atoms with Crippen LogP contribution in [0.4, 0.5) is 34.1 Å². The quantitative estimate of drug-likeness (QED) is 0.120. The lowest BCUT2D eigenvalue weighted by atomic mass is 9.33. The van der Waals surface area contributed by atoms with E-state index in [0.717, 1.165) is 126 Å². The van der Waals surface area contributed by atoms with Gasteiger partial charge in [0.2, 0.25) is 0 Å². The minimum absolute atomic E-state index is 0.0451. The standard InChI is InChI=1S/C126H110BN3/c1-123(2,3)93-59-85-51-53-87-61-95(125(7,8)9)73-106-100(69-91(63-93)116(85)118(87)106)83-55-57-108-112(71-83)129(121-102(79-39-23-15-24-40-79)65-89(77-35-19-13-20-36-77)66-103(121)80-41-25-16-26-42-80)114-75-97(128-110-49-33-31-47-98(110)99-48-32-34-50-111(99)128)76-115-120(114)127(108)109-58-56-84(101-70-92-64-94(124(4,5)6)60-86-52-54-88-62-96(126(10,11)12)74-107(101)119(88)117(86)92)72-113(109)130(115)122-104(81-43-27-17-28-44-81)67-90(78-37-21-14-22-38-78)68-105(122)82-45-29-18-30-46-82/h13-51,53,55-60,63-73,75-76,87-88,96,116,118H,52,54,61-62,74H2,1-12H3. The summed E-state index contributed by atoms with van der Waals surface area (Å²) >= 11 is 0. The number of allylic oxidation sites excluding steroid dienone is 12. The molecular weight excluding hydrogens is 1570 g/mol. The molecule has 632 valence electrons. The van der Waals surface area contributed by atoms with Crippen molar-refractivity contribution in [3.05, 3.63) is 414 Å². The molecule has 0 fully saturated rings. The van der Waals surface area contributed by atoms with E-state index >= 15 is 0 Å². The maximum atomic E-state index is 2.82. The highest BCUT2D eigenvalue weighted by Crippen LogP contribution is 2.62. The molecule has 0 saturated heterocycles. The van der Waals surface area contributed by atoms with E-state index in [9.17, 15) is 0 Å². The van der Waals surface area contributed by atoms with E-state index in [2.05, 4.69) is 455 Å². The lowest BCUT2D eigenvalue weighted by Gasteiger charge is -2.48. The first-order chi connectivity index (χ1) is 63.0. The molecule has 4 heteroatoms. The third-order valence-electron chi connectivity index (χ3n) is 30.8. The molecular formula is C126H110BN3. The van der Waals surface area contributed by atoms with Gasteiger partial charge in [-0.15, -0.1) is 0 Å². The summed E-state index contributed by atoms with van der Waals surface area (Å²) in [6.07, 6.45) is 21.2. The van der Waals surface area contributed by atoms with E-state index in [1.165, 1.54) is 123 Å². The monoisotopic (exact) mass is 1680 g/mol. The summed E-state index contributed by atoms with van der Waals surface area (Å²) < 4.78 is 2.61. The van der Waals surface area contributed by atoms with E-state index < -0.39 is 0 Å². The van der Waals surface area contributed by atoms with Crippen molar-refractivity contribution in [1.29, 1.82) is 0 Å². The van der Waals surface area contributed by atoms with Crippen LogP contribution in [0.3, 0.4) is 0 Å². The number of nitrogens with zero attached hydrogens (tertiary/aromatic N) is 3. The van der Waals surface area contributed by atoms with Crippen LogP contribution in [0.25, 0.3) is 122 Å². The maximum Gasteiger partial charge on any atom is 0.252 e. The predicted octanol–water partition coefficient (Wildman–Crippen LogP) is 32.0. The molecule has 3 heterocycles. The second-order valence-electron chi connectivity index (χ2n) is 42.7. The van der Waals surface area contributed by atoms with Gasteiger partial charge in [-0.2, -0.15) is 0 Å². The minimum atomic E-state index is -0.307. The Kier molecular flexibility index (Phi) is 18.4. The van der Waals surface area contributed by atoms with Crippen LogP contribution in [0.5, 0.6) is 0 Å². The summed E-state index contributed by atoms with van der Waals surface area (Å²) in [5.74, 6) is 1.82. The minimum Gasteiger partial charge on any atom is -0.310 e. The average molecular weight is 1680 g/mol. The van der Waals surface area contributed by atoms with Gasteiger partial charge in [-0.25, -0.2) is 0 Å². The van der Waals surface area contributed by atoms with Crippen molar-refractivity contribution in [3.8, 4) is 83.6 Å². The van der Waals surface area contributed by atoms with E-state index in [4.69, 9.17) is 0 Å². The predicted molar refractivity (Wildman–Crippen MR) is 554 cm³/mol. The number of aromatic nitrogens is 1. The van der Waals surface area contributed by atoms with Crippen LogP contribution in [0.1, 0.15) is 136 Å². The Balaban J connectivity index is 0.891. The topological polar surface area (TPSA) is 11.4 Å². The normalized spacial score (nSPS) is 18.3. The van der Waals surface area contributed by atoms with Crippen LogP contribution in [-0.4, -0.2) is 11.3 Å². The fourth-order valence-corrected chi connectivity index (χ4v) is 24.1. The number of aryl methyl sites for hydroxylation is 1. The zero-order valence-electron chi connectivity index (χ0n) is 76.9. The highest BCUT2D eigenvalue weighted by Gasteiger charge is 2.50. The number of benzene rings is 15. The van der Waals surface area contributed by atoms with Crippen LogP contribution in [-0.2, 0) is 18.3 Å². The number of anilines is 6. The Hall–Kier alpha value is -13.5. The molecule has 15 aromatic carbocycles. The third kappa shape index (κ3) is 13.0. The van der Waals surface area contributed by atoms with Crippen molar-refractivity contribution in [2.75, 3.05) is 9.80 Å². The van der Waals surface area contributed by atoms with Gasteiger partial charge < -0.3 is 14.4 Å². The van der Waals surface area contributed by atoms with Crippen molar-refractivity contribution in [2.45, 2.75) is 127 Å². The van der Waals surface area contributed by atoms with E-state index in [0.29, 0.717) is 17.8 Å². The van der Waals surface area contributed by atoms with Gasteiger partial charge in [-0.05, 0) is 277 Å². The molecule has 0 bridgehead atoms. The van der Waals surface area contributed by atoms with E-state index in [1.54, 1.807) is 11.1 Å². The van der Waals surface area contributed by atoms with Crippen molar-refractivity contribution in [2.24, 2.45) is 39.9 Å². The Morgan fingerprint density at radius 3 is 1.35 bits per heavy atom. The van der Waals surface area contributed by atoms with Crippen LogP contribution in [0.15, 0.2) is 386 Å². The SMILES string of the molecule is CC(C)(C)C1=CC2=CC(c3ccc4c(c3)N(c3c(-c5ccccc5)cc(-c5ccccc5)cc3-c3ccccc3)c3cc(-n5c6ccccc6c6ccccc65)cc5c3B4c3ccc(-c4cc6cc(C(C)(C)C)cc7c6c6c4CC(C(C)(C)C)CC6CC7)cc3N5c3c(-c4ccccc4)cc(-c4ccccc4)cc3-c3ccccc3)=C3C=C(C(C)(C)C)CC4C=CC(=C1)C2C34. The first-order valence-electron chi connectivity index (χ1n) is 47.6. The second-order valence-corrected chi connectivity index (χ2v) is 42.7. The van der Waals surface area contributed by atoms with Gasteiger partial charge >= 0.3 is 0 Å². The van der Waals surface area contributed by atoms with Crippen LogP contribution in [0, 0.1) is 39.9 Å². The lowest BCUT2D eigenvalue weighted by Crippen LogP contribution is -2.61. The molecule has 8 aliphatic rings. The van der Waals surface area contributed by atoms with Crippen molar-refractivity contribution in [3.63, 3.8) is 0 Å². The Bertz CT molecular complexity index is 7410. The van der Waals surface area contributed by atoms with E-state index in [-0.39, 0.29) is 40.2 Å². The fraction of sp³-hybridized carbons (Fsp3) is 0.206. The molecule has 0 N–H and O–H groups in total. The molecule has 5 atom stereocenters. The van der Waals surface area contributed by atoms with Crippen molar-refractivity contribution >= 4 is 95.4 Å². The average Bonchev–Trinajstić information content (AvgIpc) is 0.772. The zero-order chi connectivity index (χ0) is 88.1. The molecule has 0 spiro atoms. The number of rotatable bonds is 11. The second kappa shape index (κ2) is 30.0. The summed E-state index contributed by atoms with van der Waals surface area (Å²) in [4.78, 5) is 5.64. The molecule has 0 amide bonds. The summed E-state index contributed by atoms with van der Waals surface area (Å²) in [7, 11) is 0. The summed E-state index contributed by atoms with van der Waals surface area (Å²) in [5, 5.41) is 5.33. The Morgan fingerprint density at radius 2 is 0.862 bits per heavy atom. The maximum absolute atomic E-state index is 2.82. The summed E-state index contributed by atoms with van der Waals surface area (Å²) in [5.41, 5.74) is 46.2. The van der Waals surface area contributed by atoms with Gasteiger partial charge in [0, 0.05) is 67.6 Å². The van der Waals surface area contributed by atoms with Crippen LogP contribution >= 0.6 is 0 Å². The molecule has 24 rings (SSSR count). The van der Waals surface area contributed by atoms with E-state index in [1.807, 2.05) is 0 Å². The molecule has 5 unspecified atom stereocenters. The number of hydrogen-bond donors (Lipinski definition) is 0. The van der Waals surface area contributed by atoms with Gasteiger partial charge in [0.05, 0.1) is 28.1 Å². The first-order valence-corrected chi connectivity index (χ1v) is 47.6. The zero-order valence-corrected chi connectivity index (χ0v) is 76.9. The van der Waals surface area contributed by atoms with Gasteiger partial charge in [0.15, 0.2) is 0 Å². The Morgan fingerprint density at radius 1 is 0.377 bits per heavy atom. The smallest absolute Gasteiger partial charge is 0.252 e. The molecule has 0 saturated carbocycles. The highest BCUT2D eigenvalue weighted by molar-refractivity contribution is 7.00. The molecule has 130 heavy (non-hydrogen) atoms. The van der Waals surface area contributed by atoms with Gasteiger partial charge in [-0.3, -0.25) is 0 Å². The van der Waals surface area contributed by atoms with Gasteiger partial charge in [0.1, 0.15) is 0 Å². The number of hydrogen-bond acceptors (Lipinski definition) is 2. The highest BCUT2D eigenvalue weighted by atomic mass is 15.2. The molecule has 16 aromatic rings. The summed E-state index contributed by atoms with van der Waals surface area (Å²) in [6, 6.07) is 125. The molecule has 6 aliphatic carbocycles. The van der Waals surface area contributed by atoms with Crippen LogP contribution < -0.4 is 26.2 Å². The molecule has 2 aliphatic heterocycles. The molecule has 0 radical (unpaired) electrons. The Labute approximate surface area is 768 Å². The van der Waals surface area contributed by atoms with Gasteiger partial charge in [0.25, 0.3) is 6.71 Å². The van der Waals surface area contributed by atoms with Crippen LogP contribution in [0.2, 0.25) is 0 Å². The molecule has 1 aromatic heterocycles. The number of para-hydroxylation sites is 2. The van der Waals surface area contributed by atoms with Crippen molar-refractivity contribution < 1.29 is 0 Å². The van der Waals surface area contributed by atoms with Gasteiger partial charge in [-0.1, -0.05) is 380 Å². The van der Waals surface area contributed by atoms with Crippen molar-refractivity contribution in [1.82, 2.24) is 4.57 Å². The number of fused-ring (bicyclic) bond motifs is 7. The lowest BCUT2D eigenvalue weighted by molar-refractivity contribution is 0.197. The summed E-state index contributed by atoms with van der Waals surface area (Å²) in [6.45, 7) is 29.0. The fourth-order valence-electron chi connectivity index (χ4n) is 24.1. The molecule has 3 nitrogen and oxygen atoms in total.